The number of nitrogens with zero attached hydrogens (tertiary/aromatic N) is 3. The molecule has 1 heterocycles. The number of ether oxygens (including phenoxy) is 1. The molecule has 49 heavy (non-hydrogen) atoms. The van der Waals surface area contributed by atoms with E-state index in [0.29, 0.717) is 24.2 Å². The minimum atomic E-state index is -1.13. The fourth-order valence-electron chi connectivity index (χ4n) is 11.3. The highest BCUT2D eigenvalue weighted by Gasteiger charge is 2.71. The molecule has 10 atom stereocenters. The van der Waals surface area contributed by atoms with Gasteiger partial charge in [0, 0.05) is 16.4 Å². The normalized spacial score (nSPS) is 36.6. The molecule has 270 valence electrons. The average Bonchev–Trinajstić information content (AvgIpc) is 3.59. The predicted molar refractivity (Wildman–Crippen MR) is 191 cm³/mol. The molecule has 4 aliphatic rings. The fourth-order valence-corrected chi connectivity index (χ4v) is 11.3. The maximum absolute atomic E-state index is 14.0. The molecule has 8 nitrogen and oxygen atoms in total. The number of fused-ring (bicyclic) bond motifs is 5. The summed E-state index contributed by atoms with van der Waals surface area (Å²) in [5.74, 6) is 0.995. The lowest BCUT2D eigenvalue weighted by Crippen LogP contribution is -2.65. The van der Waals surface area contributed by atoms with E-state index in [0.717, 1.165) is 56.2 Å². The van der Waals surface area contributed by atoms with Crippen LogP contribution in [0.4, 0.5) is 0 Å². The number of allylic oxidation sites excluding steroid dienone is 1. The maximum atomic E-state index is 14.0. The van der Waals surface area contributed by atoms with Crippen molar-refractivity contribution >= 4 is 5.97 Å². The third-order valence-corrected chi connectivity index (χ3v) is 14.8. The first kappa shape index (κ1) is 36.2. The highest BCUT2D eigenvalue weighted by molar-refractivity contribution is 5.70. The molecule has 1 aromatic heterocycles. The van der Waals surface area contributed by atoms with Gasteiger partial charge in [0.25, 0.3) is 0 Å². The number of aromatic nitrogens is 3. The molecular weight excluding hydrogens is 614 g/mol. The summed E-state index contributed by atoms with van der Waals surface area (Å²) in [6.45, 7) is 19.4. The molecule has 0 radical (unpaired) electrons. The molecule has 4 aliphatic carbocycles. The van der Waals surface area contributed by atoms with Crippen LogP contribution in [0, 0.1) is 52.3 Å². The molecule has 3 N–H and O–H groups in total. The molecule has 2 aromatic rings. The van der Waals surface area contributed by atoms with Gasteiger partial charge < -0.3 is 20.1 Å². The van der Waals surface area contributed by atoms with Crippen molar-refractivity contribution in [3.05, 3.63) is 47.7 Å². The Hall–Kier alpha value is -2.55. The second-order valence-corrected chi connectivity index (χ2v) is 18.2. The Morgan fingerprint density at radius 3 is 2.43 bits per heavy atom. The van der Waals surface area contributed by atoms with Gasteiger partial charge in [-0.3, -0.25) is 4.79 Å². The number of aryl methyl sites for hydroxylation is 1. The van der Waals surface area contributed by atoms with Crippen molar-refractivity contribution in [1.29, 1.82) is 0 Å². The minimum Gasteiger partial charge on any atom is -0.460 e. The van der Waals surface area contributed by atoms with Gasteiger partial charge in [-0.15, -0.1) is 5.10 Å². The van der Waals surface area contributed by atoms with Crippen LogP contribution in [0.5, 0.6) is 0 Å². The first-order valence-corrected chi connectivity index (χ1v) is 18.8. The van der Waals surface area contributed by atoms with Crippen molar-refractivity contribution in [3.63, 3.8) is 0 Å². The van der Waals surface area contributed by atoms with Gasteiger partial charge in [0.1, 0.15) is 18.3 Å². The lowest BCUT2D eigenvalue weighted by Gasteiger charge is -2.67. The van der Waals surface area contributed by atoms with Gasteiger partial charge in [-0.25, -0.2) is 4.68 Å². The van der Waals surface area contributed by atoms with Gasteiger partial charge in [0.05, 0.1) is 24.0 Å². The Morgan fingerprint density at radius 1 is 1.06 bits per heavy atom. The van der Waals surface area contributed by atoms with E-state index in [4.69, 9.17) is 4.74 Å². The Morgan fingerprint density at radius 2 is 1.76 bits per heavy atom. The average molecular weight is 676 g/mol. The zero-order chi connectivity index (χ0) is 35.7. The number of rotatable bonds is 9. The lowest BCUT2D eigenvalue weighted by molar-refractivity contribution is -0.220. The van der Waals surface area contributed by atoms with Crippen LogP contribution in [0.2, 0.25) is 0 Å². The van der Waals surface area contributed by atoms with Crippen molar-refractivity contribution in [2.75, 3.05) is 0 Å². The molecule has 0 aliphatic heterocycles. The van der Waals surface area contributed by atoms with Crippen molar-refractivity contribution in [2.45, 2.75) is 144 Å². The molecular formula is C41H61N3O5. The highest BCUT2D eigenvalue weighted by atomic mass is 16.5. The molecule has 0 saturated heterocycles. The summed E-state index contributed by atoms with van der Waals surface area (Å²) >= 11 is 0. The van der Waals surface area contributed by atoms with Gasteiger partial charge in [0.2, 0.25) is 0 Å². The third-order valence-electron chi connectivity index (χ3n) is 14.8. The molecule has 1 aromatic carbocycles. The van der Waals surface area contributed by atoms with Gasteiger partial charge in [0.15, 0.2) is 0 Å². The van der Waals surface area contributed by atoms with Crippen LogP contribution in [0.25, 0.3) is 11.3 Å². The maximum Gasteiger partial charge on any atom is 0.328 e. The lowest BCUT2D eigenvalue weighted by atomic mass is 9.38. The van der Waals surface area contributed by atoms with Crippen LogP contribution < -0.4 is 0 Å². The standard InChI is InChI=1S/C41H61N3O5/c1-25-10-13-27(14-11-25)31-23-44(43-42-31)24-36(47)49-35-22-40(8)28(26(2)12-18-34(46)38(5,6)48)20-21-39(40,7)32-17-15-29-30(41(32,35)9)16-19-33(45)37(29,3)4/h10-11,13-15,23,26,28,30,32-35,45-46,48H,12,16-22,24H2,1-9H3/t26-,28-,30-,32+,33+,34-,35-,39+,40-,41+/m1/s1. The Bertz CT molecular complexity index is 1560. The van der Waals surface area contributed by atoms with E-state index in [9.17, 15) is 20.1 Å². The zero-order valence-corrected chi connectivity index (χ0v) is 31.4. The number of carbonyl (C=O) groups excluding carboxylic acids is 1. The third kappa shape index (κ3) is 6.01. The van der Waals surface area contributed by atoms with E-state index in [-0.39, 0.29) is 52.3 Å². The number of esters is 1. The van der Waals surface area contributed by atoms with Crippen molar-refractivity contribution in [1.82, 2.24) is 15.0 Å². The van der Waals surface area contributed by atoms with Gasteiger partial charge in [-0.1, -0.05) is 88.2 Å². The van der Waals surface area contributed by atoms with Crippen LogP contribution >= 0.6 is 0 Å². The van der Waals surface area contributed by atoms with Gasteiger partial charge in [-0.2, -0.15) is 0 Å². The van der Waals surface area contributed by atoms with Crippen molar-refractivity contribution < 1.29 is 24.9 Å². The first-order chi connectivity index (χ1) is 22.8. The minimum absolute atomic E-state index is 0.00365. The largest absolute Gasteiger partial charge is 0.460 e. The SMILES string of the molecule is Cc1ccc(-c2cn(CC(=O)O[C@@H]3C[C@]4(C)[C@@H]([C@H](C)CC[C@@H](O)C(C)(C)O)CC[C@@]4(C)[C@@H]4CC=C5[C@@H](CC[C@H](O)C5(C)C)[C@@]43C)nn2)cc1. The molecule has 6 rings (SSSR count). The Balaban J connectivity index is 1.31. The van der Waals surface area contributed by atoms with Crippen molar-refractivity contribution in [2.24, 2.45) is 45.3 Å². The summed E-state index contributed by atoms with van der Waals surface area (Å²) in [6, 6.07) is 8.12. The van der Waals surface area contributed by atoms with E-state index >= 15 is 0 Å². The van der Waals surface area contributed by atoms with Crippen molar-refractivity contribution in [3.8, 4) is 11.3 Å². The summed E-state index contributed by atoms with van der Waals surface area (Å²) in [5.41, 5.74) is 2.41. The van der Waals surface area contributed by atoms with Gasteiger partial charge >= 0.3 is 5.97 Å². The number of aliphatic hydroxyl groups is 3. The summed E-state index contributed by atoms with van der Waals surface area (Å²) in [5, 5.41) is 40.9. The Labute approximate surface area is 293 Å². The topological polar surface area (TPSA) is 118 Å². The monoisotopic (exact) mass is 675 g/mol. The summed E-state index contributed by atoms with van der Waals surface area (Å²) in [4.78, 5) is 14.0. The van der Waals surface area contributed by atoms with Gasteiger partial charge in [-0.05, 0) is 107 Å². The molecule has 0 unspecified atom stereocenters. The molecule has 3 fully saturated rings. The summed E-state index contributed by atoms with van der Waals surface area (Å²) in [6.07, 6.45) is 9.78. The van der Waals surface area contributed by atoms with Crippen LogP contribution in [0.3, 0.4) is 0 Å². The number of aliphatic hydroxyl groups excluding tert-OH is 2. The molecule has 8 heteroatoms. The first-order valence-electron chi connectivity index (χ1n) is 18.8. The van der Waals surface area contributed by atoms with Crippen LogP contribution in [0.15, 0.2) is 42.1 Å². The van der Waals surface area contributed by atoms with E-state index in [1.165, 1.54) is 11.1 Å². The fraction of sp³-hybridized carbons (Fsp3) is 0.732. The quantitative estimate of drug-likeness (QED) is 0.189. The Kier molecular flexibility index (Phi) is 9.31. The van der Waals surface area contributed by atoms with Crippen LogP contribution in [0.1, 0.15) is 112 Å². The summed E-state index contributed by atoms with van der Waals surface area (Å²) in [7, 11) is 0. The summed E-state index contributed by atoms with van der Waals surface area (Å²) < 4.78 is 8.33. The molecule has 3 saturated carbocycles. The number of carbonyl (C=O) groups is 1. The number of benzene rings is 1. The smallest absolute Gasteiger partial charge is 0.328 e. The predicted octanol–water partition coefficient (Wildman–Crippen LogP) is 7.29. The zero-order valence-electron chi connectivity index (χ0n) is 31.4. The molecule has 0 amide bonds. The van der Waals surface area contributed by atoms with E-state index in [1.54, 1.807) is 18.5 Å². The number of hydrogen-bond donors (Lipinski definition) is 3. The van der Waals surface area contributed by atoms with Crippen LogP contribution in [-0.2, 0) is 16.1 Å². The molecule has 0 bridgehead atoms. The molecule has 0 spiro atoms. The van der Waals surface area contributed by atoms with E-state index in [1.807, 2.05) is 37.4 Å². The van der Waals surface area contributed by atoms with Crippen LogP contribution in [-0.4, -0.2) is 60.2 Å². The second-order valence-electron chi connectivity index (χ2n) is 18.2. The van der Waals surface area contributed by atoms with E-state index < -0.39 is 11.7 Å². The second kappa shape index (κ2) is 12.6. The number of hydrogen-bond acceptors (Lipinski definition) is 7. The van der Waals surface area contributed by atoms with E-state index in [2.05, 4.69) is 57.9 Å². The highest BCUT2D eigenvalue weighted by Crippen LogP contribution is 2.75.